The number of hydrogen-bond donors (Lipinski definition) is 2. The maximum Gasteiger partial charge on any atom is 0.155 e. The fourth-order valence-electron chi connectivity index (χ4n) is 9.36. The lowest BCUT2D eigenvalue weighted by Crippen LogP contribution is -2.60. The van der Waals surface area contributed by atoms with E-state index in [9.17, 15) is 15.0 Å². The number of ketones is 1. The Morgan fingerprint density at radius 1 is 1.07 bits per heavy atom. The van der Waals surface area contributed by atoms with E-state index >= 15 is 0 Å². The molecule has 0 heterocycles. The number of allylic oxidation sites excluding steroid dienone is 1. The summed E-state index contributed by atoms with van der Waals surface area (Å²) in [6.07, 6.45) is 9.16. The molecule has 0 radical (unpaired) electrons. The van der Waals surface area contributed by atoms with Gasteiger partial charge in [-0.1, -0.05) is 36.8 Å². The molecule has 0 aromatic heterocycles. The van der Waals surface area contributed by atoms with Crippen LogP contribution in [0.25, 0.3) is 0 Å². The smallest absolute Gasteiger partial charge is 0.155 e. The zero-order valence-electron chi connectivity index (χ0n) is 18.2. The van der Waals surface area contributed by atoms with E-state index in [-0.39, 0.29) is 34.6 Å². The van der Waals surface area contributed by atoms with E-state index in [0.29, 0.717) is 18.3 Å². The number of aliphatic hydroxyl groups is 2. The molecule has 3 fully saturated rings. The van der Waals surface area contributed by atoms with Crippen LogP contribution in [0.15, 0.2) is 35.9 Å². The molecule has 0 aliphatic heterocycles. The predicted molar refractivity (Wildman–Crippen MR) is 116 cm³/mol. The second kappa shape index (κ2) is 6.07. The average molecular weight is 407 g/mol. The third-order valence-corrected chi connectivity index (χ3v) is 10.4. The highest BCUT2D eigenvalue weighted by molar-refractivity contribution is 5.91. The molecular weight excluding hydrogens is 372 g/mol. The van der Waals surface area contributed by atoms with Gasteiger partial charge in [-0.2, -0.15) is 0 Å². The fourth-order valence-corrected chi connectivity index (χ4v) is 9.36. The van der Waals surface area contributed by atoms with Gasteiger partial charge in [0.2, 0.25) is 0 Å². The Balaban J connectivity index is 1.44. The van der Waals surface area contributed by atoms with E-state index in [2.05, 4.69) is 25.1 Å². The Morgan fingerprint density at radius 2 is 1.87 bits per heavy atom. The van der Waals surface area contributed by atoms with Gasteiger partial charge in [0.25, 0.3) is 0 Å². The monoisotopic (exact) mass is 406 g/mol. The Labute approximate surface area is 179 Å². The van der Waals surface area contributed by atoms with Crippen LogP contribution in [0.1, 0.15) is 69.9 Å². The predicted octanol–water partition coefficient (Wildman–Crippen LogP) is 4.55. The molecule has 1 spiro atoms. The number of hydrogen-bond acceptors (Lipinski definition) is 3. The maximum atomic E-state index is 12.1. The minimum atomic E-state index is -0.822. The highest BCUT2D eigenvalue weighted by Crippen LogP contribution is 2.71. The van der Waals surface area contributed by atoms with Crippen molar-refractivity contribution in [3.05, 3.63) is 47.0 Å². The highest BCUT2D eigenvalue weighted by Gasteiger charge is 2.67. The Morgan fingerprint density at radius 3 is 2.70 bits per heavy atom. The molecule has 6 rings (SSSR count). The molecule has 2 N–H and O–H groups in total. The van der Waals surface area contributed by atoms with Crippen LogP contribution in [-0.2, 0) is 16.8 Å². The van der Waals surface area contributed by atoms with Crippen LogP contribution in [0.5, 0.6) is 0 Å². The molecule has 0 bridgehead atoms. The van der Waals surface area contributed by atoms with E-state index < -0.39 is 5.60 Å². The van der Waals surface area contributed by atoms with Crippen molar-refractivity contribution in [2.45, 2.75) is 76.9 Å². The topological polar surface area (TPSA) is 57.5 Å². The first kappa shape index (κ1) is 19.3. The van der Waals surface area contributed by atoms with Gasteiger partial charge in [-0.25, -0.2) is 0 Å². The number of fused-ring (bicyclic) bond motifs is 5. The molecular formula is C27H34O3. The first-order valence-electron chi connectivity index (χ1n) is 12.0. The lowest BCUT2D eigenvalue weighted by molar-refractivity contribution is -0.167. The van der Waals surface area contributed by atoms with Crippen LogP contribution in [0, 0.1) is 34.5 Å². The van der Waals surface area contributed by atoms with Gasteiger partial charge in [0, 0.05) is 6.42 Å². The number of aliphatic hydroxyl groups excluding tert-OH is 1. The summed E-state index contributed by atoms with van der Waals surface area (Å²) < 4.78 is 0. The molecule has 1 aromatic carbocycles. The molecule has 160 valence electrons. The first-order valence-corrected chi connectivity index (χ1v) is 12.0. The lowest BCUT2D eigenvalue weighted by Gasteiger charge is -2.62. The van der Waals surface area contributed by atoms with Gasteiger partial charge in [0.1, 0.15) is 0 Å². The van der Waals surface area contributed by atoms with Gasteiger partial charge >= 0.3 is 0 Å². The van der Waals surface area contributed by atoms with Gasteiger partial charge < -0.3 is 10.2 Å². The molecule has 0 unspecified atom stereocenters. The molecule has 0 amide bonds. The van der Waals surface area contributed by atoms with E-state index in [1.165, 1.54) is 11.1 Å². The standard InChI is InChI=1S/C27H34O3/c1-25-12-11-18(28)13-17(25)7-8-19-21-9-10-23-26(2,30)20-6-4-3-5-16(20)14-27(21,23)15-22(29)24(19)25/h3-6,13,19,21-24,29-30H,7-12,14-15H2,1-2H3/t19-,21-,22-,23+,24+,25-,26-,27-/m0/s1. The van der Waals surface area contributed by atoms with Crippen molar-refractivity contribution in [2.24, 2.45) is 34.5 Å². The average Bonchev–Trinajstić information content (AvgIpc) is 3.08. The molecule has 3 heteroatoms. The number of benzene rings is 1. The summed E-state index contributed by atoms with van der Waals surface area (Å²) in [5.74, 6) is 1.80. The van der Waals surface area contributed by atoms with E-state index in [1.54, 1.807) is 0 Å². The fraction of sp³-hybridized carbons (Fsp3) is 0.667. The summed E-state index contributed by atoms with van der Waals surface area (Å²) in [4.78, 5) is 12.1. The van der Waals surface area contributed by atoms with Crippen molar-refractivity contribution in [2.75, 3.05) is 0 Å². The third-order valence-electron chi connectivity index (χ3n) is 10.4. The quantitative estimate of drug-likeness (QED) is 0.665. The van der Waals surface area contributed by atoms with Gasteiger partial charge in [0.15, 0.2) is 5.78 Å². The van der Waals surface area contributed by atoms with Crippen molar-refractivity contribution < 1.29 is 15.0 Å². The Kier molecular flexibility index (Phi) is 3.90. The first-order chi connectivity index (χ1) is 14.3. The lowest BCUT2D eigenvalue weighted by atomic mass is 9.43. The number of rotatable bonds is 0. The zero-order valence-corrected chi connectivity index (χ0v) is 18.2. The Hall–Kier alpha value is -1.45. The molecule has 8 atom stereocenters. The van der Waals surface area contributed by atoms with Gasteiger partial charge in [-0.15, -0.1) is 0 Å². The Bertz CT molecular complexity index is 945. The van der Waals surface area contributed by atoms with E-state index in [1.807, 2.05) is 19.1 Å². The van der Waals surface area contributed by atoms with Crippen LogP contribution in [0.3, 0.4) is 0 Å². The van der Waals surface area contributed by atoms with Crippen LogP contribution in [0.2, 0.25) is 0 Å². The molecule has 5 aliphatic rings. The summed E-state index contributed by atoms with van der Waals surface area (Å²) in [5, 5.41) is 23.4. The maximum absolute atomic E-state index is 12.1. The van der Waals surface area contributed by atoms with Crippen LogP contribution in [0.4, 0.5) is 0 Å². The molecule has 3 saturated carbocycles. The van der Waals surface area contributed by atoms with Gasteiger partial charge in [0.05, 0.1) is 11.7 Å². The molecule has 0 saturated heterocycles. The second-order valence-electron chi connectivity index (χ2n) is 11.5. The minimum absolute atomic E-state index is 0.000497. The number of carbonyl (C=O) groups is 1. The SMILES string of the molecule is C[C@]12CCC(=O)C=C1CC[C@@H]1[C@@H]2[C@@H](O)C[C@]23Cc4ccccc4[C@](C)(O)[C@H]2CC[C@@H]13. The van der Waals surface area contributed by atoms with Crippen LogP contribution >= 0.6 is 0 Å². The minimum Gasteiger partial charge on any atom is -0.393 e. The summed E-state index contributed by atoms with van der Waals surface area (Å²) in [5.41, 5.74) is 2.82. The normalized spacial score (nSPS) is 49.3. The molecule has 30 heavy (non-hydrogen) atoms. The van der Waals surface area contributed by atoms with E-state index in [4.69, 9.17) is 0 Å². The van der Waals surface area contributed by atoms with Crippen LogP contribution in [-0.4, -0.2) is 22.1 Å². The van der Waals surface area contributed by atoms with E-state index in [0.717, 1.165) is 50.5 Å². The largest absolute Gasteiger partial charge is 0.393 e. The second-order valence-corrected chi connectivity index (χ2v) is 11.5. The van der Waals surface area contributed by atoms with Crippen molar-refractivity contribution in [1.82, 2.24) is 0 Å². The molecule has 1 aromatic rings. The van der Waals surface area contributed by atoms with Crippen molar-refractivity contribution >= 4 is 5.78 Å². The highest BCUT2D eigenvalue weighted by atomic mass is 16.3. The summed E-state index contributed by atoms with van der Waals surface area (Å²) >= 11 is 0. The van der Waals surface area contributed by atoms with Gasteiger partial charge in [-0.3, -0.25) is 4.79 Å². The summed E-state index contributed by atoms with van der Waals surface area (Å²) in [7, 11) is 0. The van der Waals surface area contributed by atoms with Crippen molar-refractivity contribution in [3.63, 3.8) is 0 Å². The van der Waals surface area contributed by atoms with Crippen molar-refractivity contribution in [1.29, 1.82) is 0 Å². The zero-order chi connectivity index (χ0) is 20.9. The van der Waals surface area contributed by atoms with Crippen molar-refractivity contribution in [3.8, 4) is 0 Å². The number of carbonyl (C=O) groups excluding carboxylic acids is 1. The van der Waals surface area contributed by atoms with Gasteiger partial charge in [-0.05, 0) is 104 Å². The summed E-state index contributed by atoms with van der Waals surface area (Å²) in [6.45, 7) is 4.34. The molecule has 5 aliphatic carbocycles. The summed E-state index contributed by atoms with van der Waals surface area (Å²) in [6, 6.07) is 8.44. The third kappa shape index (κ3) is 2.26. The van der Waals surface area contributed by atoms with Crippen LogP contribution < -0.4 is 0 Å². The molecule has 3 nitrogen and oxygen atoms in total.